The van der Waals surface area contributed by atoms with Crippen molar-refractivity contribution >= 4 is 34.8 Å². The van der Waals surface area contributed by atoms with E-state index in [0.29, 0.717) is 11.8 Å². The molecule has 0 heterocycles. The molecule has 0 atom stereocenters. The Morgan fingerprint density at radius 1 is 0.962 bits per heavy atom. The van der Waals surface area contributed by atoms with Gasteiger partial charge in [-0.3, -0.25) is 9.59 Å². The fraction of sp³-hybridized carbons (Fsp3) is 0.222. The molecule has 0 bridgehead atoms. The molecular formula is C18H16ClF3N2O2. The van der Waals surface area contributed by atoms with Gasteiger partial charge in [0.25, 0.3) is 0 Å². The first-order valence-electron chi connectivity index (χ1n) is 7.60. The first-order valence-corrected chi connectivity index (χ1v) is 7.98. The van der Waals surface area contributed by atoms with Crippen molar-refractivity contribution in [1.29, 1.82) is 0 Å². The normalized spacial score (nSPS) is 11.2. The number of alkyl halides is 3. The van der Waals surface area contributed by atoms with E-state index < -0.39 is 35.7 Å². The molecule has 0 aromatic heterocycles. The maximum absolute atomic E-state index is 13.0. The highest BCUT2D eigenvalue weighted by atomic mass is 35.5. The predicted octanol–water partition coefficient (Wildman–Crippen LogP) is 4.94. The summed E-state index contributed by atoms with van der Waals surface area (Å²) in [4.78, 5) is 24.0. The molecule has 2 aromatic carbocycles. The highest BCUT2D eigenvalue weighted by molar-refractivity contribution is 6.30. The monoisotopic (exact) mass is 384 g/mol. The van der Waals surface area contributed by atoms with Gasteiger partial charge in [0.15, 0.2) is 0 Å². The molecule has 0 aliphatic carbocycles. The highest BCUT2D eigenvalue weighted by Crippen LogP contribution is 2.36. The fourth-order valence-electron chi connectivity index (χ4n) is 2.27. The molecule has 2 N–H and O–H groups in total. The average Bonchev–Trinajstić information content (AvgIpc) is 2.51. The summed E-state index contributed by atoms with van der Waals surface area (Å²) < 4.78 is 39.1. The van der Waals surface area contributed by atoms with Gasteiger partial charge in [0, 0.05) is 10.7 Å². The molecule has 8 heteroatoms. The second kappa shape index (κ2) is 7.78. The summed E-state index contributed by atoms with van der Waals surface area (Å²) in [5.41, 5.74) is 0.748. The number of carbonyl (C=O) groups excluding carboxylic acids is 2. The van der Waals surface area contributed by atoms with E-state index in [0.717, 1.165) is 17.2 Å². The minimum Gasteiger partial charge on any atom is -0.325 e. The van der Waals surface area contributed by atoms with Gasteiger partial charge in [0.2, 0.25) is 11.8 Å². The number of halogens is 4. The minimum absolute atomic E-state index is 0.108. The van der Waals surface area contributed by atoms with Crippen LogP contribution in [0.25, 0.3) is 0 Å². The molecule has 4 nitrogen and oxygen atoms in total. The third kappa shape index (κ3) is 5.23. The number of amides is 2. The van der Waals surface area contributed by atoms with Crippen LogP contribution in [-0.2, 0) is 15.8 Å². The Hall–Kier alpha value is -2.54. The number of aryl methyl sites for hydroxylation is 2. The number of rotatable bonds is 4. The number of benzene rings is 2. The summed E-state index contributed by atoms with van der Waals surface area (Å²) in [7, 11) is 0. The number of hydrogen-bond acceptors (Lipinski definition) is 2. The first kappa shape index (κ1) is 19.8. The Balaban J connectivity index is 2.07. The lowest BCUT2D eigenvalue weighted by atomic mass is 10.1. The number of hydrogen-bond donors (Lipinski definition) is 2. The van der Waals surface area contributed by atoms with E-state index >= 15 is 0 Å². The third-order valence-electron chi connectivity index (χ3n) is 3.55. The van der Waals surface area contributed by atoms with Gasteiger partial charge < -0.3 is 10.6 Å². The molecule has 138 valence electrons. The molecule has 26 heavy (non-hydrogen) atoms. The minimum atomic E-state index is -4.69. The molecule has 0 saturated heterocycles. The maximum atomic E-state index is 13.0. The molecule has 0 unspecified atom stereocenters. The van der Waals surface area contributed by atoms with Crippen LogP contribution < -0.4 is 10.6 Å². The highest BCUT2D eigenvalue weighted by Gasteiger charge is 2.34. The quantitative estimate of drug-likeness (QED) is 0.733. The second-order valence-corrected chi connectivity index (χ2v) is 6.22. The van der Waals surface area contributed by atoms with E-state index in [9.17, 15) is 22.8 Å². The maximum Gasteiger partial charge on any atom is 0.418 e. The lowest BCUT2D eigenvalue weighted by Crippen LogP contribution is -2.23. The van der Waals surface area contributed by atoms with Crippen molar-refractivity contribution in [1.82, 2.24) is 0 Å². The van der Waals surface area contributed by atoms with Crippen LogP contribution >= 0.6 is 11.6 Å². The van der Waals surface area contributed by atoms with E-state index in [1.165, 1.54) is 6.07 Å². The van der Waals surface area contributed by atoms with Gasteiger partial charge in [0.1, 0.15) is 6.42 Å². The Bertz CT molecular complexity index is 851. The van der Waals surface area contributed by atoms with Crippen molar-refractivity contribution in [2.24, 2.45) is 0 Å². The van der Waals surface area contributed by atoms with Crippen LogP contribution in [0.15, 0.2) is 36.4 Å². The molecule has 0 aliphatic rings. The number of anilines is 2. The van der Waals surface area contributed by atoms with Crippen LogP contribution in [0.3, 0.4) is 0 Å². The van der Waals surface area contributed by atoms with E-state index in [-0.39, 0.29) is 5.02 Å². The van der Waals surface area contributed by atoms with E-state index in [4.69, 9.17) is 11.6 Å². The van der Waals surface area contributed by atoms with Crippen molar-refractivity contribution < 1.29 is 22.8 Å². The summed E-state index contributed by atoms with van der Waals surface area (Å²) in [6.07, 6.45) is -5.30. The van der Waals surface area contributed by atoms with Crippen molar-refractivity contribution in [2.75, 3.05) is 10.6 Å². The summed E-state index contributed by atoms with van der Waals surface area (Å²) in [6, 6.07) is 8.42. The van der Waals surface area contributed by atoms with Crippen molar-refractivity contribution in [3.63, 3.8) is 0 Å². The SMILES string of the molecule is Cc1ccc(C)c(NC(=O)CC(=O)Nc2ccc(Cl)cc2C(F)(F)F)c1. The molecule has 0 fully saturated rings. The average molecular weight is 385 g/mol. The molecule has 2 amide bonds. The van der Waals surface area contributed by atoms with Crippen LogP contribution in [-0.4, -0.2) is 11.8 Å². The molecule has 2 aromatic rings. The van der Waals surface area contributed by atoms with Gasteiger partial charge >= 0.3 is 6.18 Å². The fourth-order valence-corrected chi connectivity index (χ4v) is 2.44. The van der Waals surface area contributed by atoms with Gasteiger partial charge in [0.05, 0.1) is 11.3 Å². The lowest BCUT2D eigenvalue weighted by Gasteiger charge is -2.14. The third-order valence-corrected chi connectivity index (χ3v) is 3.78. The summed E-state index contributed by atoms with van der Waals surface area (Å²) >= 11 is 5.58. The van der Waals surface area contributed by atoms with Crippen LogP contribution in [0.2, 0.25) is 5.02 Å². The van der Waals surface area contributed by atoms with Gasteiger partial charge in [-0.15, -0.1) is 0 Å². The van der Waals surface area contributed by atoms with Gasteiger partial charge in [-0.05, 0) is 49.2 Å². The van der Waals surface area contributed by atoms with Crippen molar-refractivity contribution in [3.05, 3.63) is 58.1 Å². The molecule has 0 spiro atoms. The van der Waals surface area contributed by atoms with Crippen LogP contribution in [0.4, 0.5) is 24.5 Å². The summed E-state index contributed by atoms with van der Waals surface area (Å²) in [6.45, 7) is 3.64. The Kier molecular flexibility index (Phi) is 5.92. The zero-order valence-electron chi connectivity index (χ0n) is 14.0. The zero-order chi connectivity index (χ0) is 19.5. The van der Waals surface area contributed by atoms with E-state index in [2.05, 4.69) is 10.6 Å². The van der Waals surface area contributed by atoms with Gasteiger partial charge in [-0.1, -0.05) is 23.7 Å². The lowest BCUT2D eigenvalue weighted by molar-refractivity contribution is -0.137. The zero-order valence-corrected chi connectivity index (χ0v) is 14.8. The Morgan fingerprint density at radius 2 is 1.58 bits per heavy atom. The number of carbonyl (C=O) groups is 2. The topological polar surface area (TPSA) is 58.2 Å². The predicted molar refractivity (Wildman–Crippen MR) is 94.2 cm³/mol. The van der Waals surface area contributed by atoms with Crippen LogP contribution in [0.1, 0.15) is 23.1 Å². The first-order chi connectivity index (χ1) is 12.1. The Morgan fingerprint density at radius 3 is 2.19 bits per heavy atom. The second-order valence-electron chi connectivity index (χ2n) is 5.78. The smallest absolute Gasteiger partial charge is 0.325 e. The molecule has 0 radical (unpaired) electrons. The molecule has 2 rings (SSSR count). The molecule has 0 saturated carbocycles. The van der Waals surface area contributed by atoms with Crippen molar-refractivity contribution in [3.8, 4) is 0 Å². The van der Waals surface area contributed by atoms with Gasteiger partial charge in [-0.2, -0.15) is 13.2 Å². The largest absolute Gasteiger partial charge is 0.418 e. The molecule has 0 aliphatic heterocycles. The van der Waals surface area contributed by atoms with Crippen molar-refractivity contribution in [2.45, 2.75) is 26.4 Å². The van der Waals surface area contributed by atoms with E-state index in [1.807, 2.05) is 19.1 Å². The summed E-state index contributed by atoms with van der Waals surface area (Å²) in [5.74, 6) is -1.49. The van der Waals surface area contributed by atoms with Crippen LogP contribution in [0.5, 0.6) is 0 Å². The van der Waals surface area contributed by atoms with Crippen LogP contribution in [0, 0.1) is 13.8 Å². The number of nitrogens with one attached hydrogen (secondary N) is 2. The summed E-state index contributed by atoms with van der Waals surface area (Å²) in [5, 5.41) is 4.58. The van der Waals surface area contributed by atoms with E-state index in [1.54, 1.807) is 13.0 Å². The van der Waals surface area contributed by atoms with Gasteiger partial charge in [-0.25, -0.2) is 0 Å². The Labute approximate surface area is 153 Å². The molecular weight excluding hydrogens is 369 g/mol. The standard InChI is InChI=1S/C18H16ClF3N2O2/c1-10-3-4-11(2)15(7-10)24-17(26)9-16(25)23-14-6-5-12(19)8-13(14)18(20,21)22/h3-8H,9H2,1-2H3,(H,23,25)(H,24,26).